The van der Waals surface area contributed by atoms with Crippen LogP contribution in [0.5, 0.6) is 5.75 Å². The molecule has 1 fully saturated rings. The van der Waals surface area contributed by atoms with Crippen LogP contribution in [0, 0.1) is 17.5 Å². The maximum atomic E-state index is 15.0. The molecule has 53 heavy (non-hydrogen) atoms. The quantitative estimate of drug-likeness (QED) is 0.0657. The molecule has 1 saturated heterocycles. The molecule has 0 spiro atoms. The minimum Gasteiger partial charge on any atom is -0.417 e. The summed E-state index contributed by atoms with van der Waals surface area (Å²) in [5.41, 5.74) is 1.24. The van der Waals surface area contributed by atoms with Crippen molar-refractivity contribution in [2.45, 2.75) is 32.4 Å². The Morgan fingerprint density at radius 3 is 2.47 bits per heavy atom. The van der Waals surface area contributed by atoms with Crippen LogP contribution in [0.2, 0.25) is 0 Å². The molecular weight excluding hydrogens is 724 g/mol. The monoisotopic (exact) mass is 755 g/mol. The van der Waals surface area contributed by atoms with E-state index in [0.717, 1.165) is 32.5 Å². The molecule has 5 aromatic rings. The molecule has 0 saturated carbocycles. The molecule has 0 radical (unpaired) electrons. The van der Waals surface area contributed by atoms with Crippen molar-refractivity contribution in [2.75, 3.05) is 42.1 Å². The van der Waals surface area contributed by atoms with Gasteiger partial charge in [0.2, 0.25) is 5.95 Å². The lowest BCUT2D eigenvalue weighted by atomic mass is 10.1. The fraction of sp³-hybridized carbons (Fsp3) is 0.250. The van der Waals surface area contributed by atoms with Gasteiger partial charge in [0.25, 0.3) is 5.91 Å². The van der Waals surface area contributed by atoms with E-state index in [1.165, 1.54) is 35.7 Å². The number of likely N-dealkylation sites (tertiary alicyclic amines) is 1. The second-order valence-electron chi connectivity index (χ2n) is 11.9. The molecule has 3 heterocycles. The van der Waals surface area contributed by atoms with E-state index in [2.05, 4.69) is 35.6 Å². The predicted octanol–water partition coefficient (Wildman–Crippen LogP) is 8.22. The van der Waals surface area contributed by atoms with Crippen molar-refractivity contribution in [2.24, 2.45) is 0 Å². The number of hydrogen-bond acceptors (Lipinski definition) is 10. The lowest BCUT2D eigenvalue weighted by Crippen LogP contribution is -2.28. The summed E-state index contributed by atoms with van der Waals surface area (Å²) < 4.78 is 86.6. The molecule has 1 amide bonds. The van der Waals surface area contributed by atoms with Crippen LogP contribution in [-0.2, 0) is 11.2 Å². The SMILES string of the molecule is CCNc1nc(-c2cccc(NC(=O)c3c(F)ccc(OC(=O)C(F)(F)F)c3F)c2)c(-c2ccnc(Nc3ccc(CCN4CCCC4)c(F)c3)n2)s1. The molecular formula is C36H31F6N7O3S. The van der Waals surface area contributed by atoms with E-state index in [0.29, 0.717) is 63.3 Å². The minimum atomic E-state index is -5.45. The molecule has 1 aliphatic heterocycles. The molecule has 3 aromatic carbocycles. The largest absolute Gasteiger partial charge is 0.491 e. The summed E-state index contributed by atoms with van der Waals surface area (Å²) in [5.74, 6) is -8.69. The van der Waals surface area contributed by atoms with Crippen LogP contribution in [0.1, 0.15) is 35.7 Å². The Morgan fingerprint density at radius 2 is 1.74 bits per heavy atom. The van der Waals surface area contributed by atoms with Gasteiger partial charge in [0.1, 0.15) is 17.2 Å². The van der Waals surface area contributed by atoms with Crippen molar-refractivity contribution in [1.82, 2.24) is 19.9 Å². The molecule has 1 aliphatic rings. The molecule has 6 rings (SSSR count). The Kier molecular flexibility index (Phi) is 11.2. The average molecular weight is 756 g/mol. The normalized spacial score (nSPS) is 13.2. The number of nitrogens with zero attached hydrogens (tertiary/aromatic N) is 4. The molecule has 3 N–H and O–H groups in total. The summed E-state index contributed by atoms with van der Waals surface area (Å²) in [6.07, 6.45) is -0.987. The Hall–Kier alpha value is -5.55. The minimum absolute atomic E-state index is 0.0592. The van der Waals surface area contributed by atoms with Crippen molar-refractivity contribution in [3.05, 3.63) is 95.4 Å². The van der Waals surface area contributed by atoms with E-state index in [-0.39, 0.29) is 17.5 Å². The first-order valence-electron chi connectivity index (χ1n) is 16.4. The third-order valence-electron chi connectivity index (χ3n) is 8.16. The van der Waals surface area contributed by atoms with Crippen LogP contribution in [0.15, 0.2) is 66.9 Å². The van der Waals surface area contributed by atoms with E-state index in [1.54, 1.807) is 30.3 Å². The molecule has 0 aliphatic carbocycles. The van der Waals surface area contributed by atoms with Gasteiger partial charge >= 0.3 is 12.1 Å². The zero-order chi connectivity index (χ0) is 37.7. The van der Waals surface area contributed by atoms with Crippen LogP contribution >= 0.6 is 11.3 Å². The van der Waals surface area contributed by atoms with Crippen molar-refractivity contribution >= 4 is 45.7 Å². The second-order valence-corrected chi connectivity index (χ2v) is 12.9. The number of carbonyl (C=O) groups is 2. The van der Waals surface area contributed by atoms with E-state index in [4.69, 9.17) is 4.98 Å². The van der Waals surface area contributed by atoms with Crippen LogP contribution in [-0.4, -0.2) is 64.1 Å². The van der Waals surface area contributed by atoms with Crippen LogP contribution in [0.25, 0.3) is 21.8 Å². The Morgan fingerprint density at radius 1 is 0.943 bits per heavy atom. The first-order chi connectivity index (χ1) is 25.4. The molecule has 0 atom stereocenters. The number of nitrogens with one attached hydrogen (secondary N) is 3. The Bertz CT molecular complexity index is 2140. The highest BCUT2D eigenvalue weighted by Crippen LogP contribution is 2.39. The number of carbonyl (C=O) groups excluding carboxylic acids is 2. The predicted molar refractivity (Wildman–Crippen MR) is 188 cm³/mol. The van der Waals surface area contributed by atoms with Gasteiger partial charge in [-0.15, -0.1) is 0 Å². The smallest absolute Gasteiger partial charge is 0.417 e. The zero-order valence-corrected chi connectivity index (χ0v) is 28.8. The van der Waals surface area contributed by atoms with Crippen molar-refractivity contribution in [3.63, 3.8) is 0 Å². The highest BCUT2D eigenvalue weighted by atomic mass is 32.1. The summed E-state index contributed by atoms with van der Waals surface area (Å²) >= 11 is 1.28. The van der Waals surface area contributed by atoms with Gasteiger partial charge in [-0.2, -0.15) is 13.2 Å². The number of benzene rings is 3. The first kappa shape index (κ1) is 37.2. The number of rotatable bonds is 12. The third kappa shape index (κ3) is 8.92. The van der Waals surface area contributed by atoms with E-state index in [1.807, 2.05) is 6.92 Å². The third-order valence-corrected chi connectivity index (χ3v) is 9.19. The topological polar surface area (TPSA) is 121 Å². The van der Waals surface area contributed by atoms with Gasteiger partial charge in [-0.05, 0) is 87.3 Å². The fourth-order valence-corrected chi connectivity index (χ4v) is 6.64. The molecule has 0 unspecified atom stereocenters. The maximum absolute atomic E-state index is 15.0. The zero-order valence-electron chi connectivity index (χ0n) is 28.0. The number of ether oxygens (including phenoxy) is 1. The number of hydrogen-bond donors (Lipinski definition) is 3. The number of anilines is 4. The number of amides is 1. The molecule has 10 nitrogen and oxygen atoms in total. The molecule has 2 aromatic heterocycles. The average Bonchev–Trinajstić information content (AvgIpc) is 3.80. The molecule has 0 bridgehead atoms. The number of aromatic nitrogens is 3. The number of thiazole rings is 1. The van der Waals surface area contributed by atoms with Gasteiger partial charge in [0.05, 0.1) is 16.3 Å². The number of halogens is 6. The van der Waals surface area contributed by atoms with Crippen LogP contribution < -0.4 is 20.7 Å². The van der Waals surface area contributed by atoms with Crippen LogP contribution in [0.4, 0.5) is 48.8 Å². The first-order valence-corrected chi connectivity index (χ1v) is 17.3. The molecule has 276 valence electrons. The standard InChI is InChI=1S/C36H31F6N7O3S/c1-2-43-35-48-30(21-6-5-7-22(18-21)45-32(50)28-24(37)10-11-27(29(28)39)52-33(51)36(40,41)42)31(53-35)26-12-14-44-34(47-26)46-23-9-8-20(25(38)19-23)13-17-49-15-3-4-16-49/h5-12,14,18-19H,2-4,13,15-17H2,1H3,(H,43,48)(H,45,50)(H,44,46,47). The Labute approximate surface area is 303 Å². The van der Waals surface area contributed by atoms with Gasteiger partial charge in [0.15, 0.2) is 16.7 Å². The lowest BCUT2D eigenvalue weighted by Gasteiger charge is -2.15. The summed E-state index contributed by atoms with van der Waals surface area (Å²) in [5, 5.41) is 9.08. The summed E-state index contributed by atoms with van der Waals surface area (Å²) in [7, 11) is 0. The summed E-state index contributed by atoms with van der Waals surface area (Å²) in [6, 6.07) is 13.7. The summed E-state index contributed by atoms with van der Waals surface area (Å²) in [6.45, 7) is 5.30. The van der Waals surface area contributed by atoms with E-state index < -0.39 is 41.0 Å². The number of alkyl halides is 3. The number of esters is 1. The second kappa shape index (κ2) is 16.0. The van der Waals surface area contributed by atoms with Gasteiger partial charge in [-0.3, -0.25) is 4.79 Å². The maximum Gasteiger partial charge on any atom is 0.491 e. The highest BCUT2D eigenvalue weighted by Gasteiger charge is 2.42. The van der Waals surface area contributed by atoms with Crippen molar-refractivity contribution in [3.8, 4) is 27.6 Å². The van der Waals surface area contributed by atoms with Crippen molar-refractivity contribution in [1.29, 1.82) is 0 Å². The van der Waals surface area contributed by atoms with Gasteiger partial charge in [-0.25, -0.2) is 32.9 Å². The van der Waals surface area contributed by atoms with Gasteiger partial charge in [0, 0.05) is 36.2 Å². The lowest BCUT2D eigenvalue weighted by molar-refractivity contribution is -0.189. The Balaban J connectivity index is 1.23. The molecule has 17 heteroatoms. The fourth-order valence-electron chi connectivity index (χ4n) is 5.62. The van der Waals surface area contributed by atoms with Crippen LogP contribution in [0.3, 0.4) is 0 Å². The van der Waals surface area contributed by atoms with Crippen molar-refractivity contribution < 1.29 is 40.7 Å². The van der Waals surface area contributed by atoms with E-state index in [9.17, 15) is 31.5 Å². The van der Waals surface area contributed by atoms with Gasteiger partial charge < -0.3 is 25.6 Å². The summed E-state index contributed by atoms with van der Waals surface area (Å²) in [4.78, 5) is 40.8. The highest BCUT2D eigenvalue weighted by molar-refractivity contribution is 7.19. The van der Waals surface area contributed by atoms with Gasteiger partial charge in [-0.1, -0.05) is 29.5 Å². The van der Waals surface area contributed by atoms with E-state index >= 15 is 4.39 Å².